The number of carbonyl (C=O) groups excluding carboxylic acids is 1. The molecule has 0 bridgehead atoms. The largest absolute Gasteiger partial charge is 0.449 e. The van der Waals surface area contributed by atoms with Gasteiger partial charge in [0.1, 0.15) is 0 Å². The van der Waals surface area contributed by atoms with Crippen LogP contribution < -0.4 is 5.43 Å². The standard InChI is InChI=1S/C15H18N4O2/c1-4-21-15(20)17-16-10-14-11(2)18-19(12(14)3)13-8-6-5-7-9-13/h5-10H,4H2,1-3H3,(H,17,20)/b16-10-. The van der Waals surface area contributed by atoms with E-state index < -0.39 is 6.09 Å². The Morgan fingerprint density at radius 3 is 2.76 bits per heavy atom. The van der Waals surface area contributed by atoms with Crippen LogP contribution in [0.4, 0.5) is 4.79 Å². The number of hydrogen-bond acceptors (Lipinski definition) is 4. The minimum atomic E-state index is -0.570. The zero-order valence-electron chi connectivity index (χ0n) is 12.3. The summed E-state index contributed by atoms with van der Waals surface area (Å²) in [6, 6.07) is 9.85. The van der Waals surface area contributed by atoms with Gasteiger partial charge in [0.25, 0.3) is 0 Å². The Morgan fingerprint density at radius 2 is 2.10 bits per heavy atom. The number of aryl methyl sites for hydroxylation is 1. The van der Waals surface area contributed by atoms with Crippen molar-refractivity contribution in [2.45, 2.75) is 20.8 Å². The maximum absolute atomic E-state index is 11.2. The van der Waals surface area contributed by atoms with Crippen molar-refractivity contribution in [1.29, 1.82) is 0 Å². The first-order valence-corrected chi connectivity index (χ1v) is 6.71. The summed E-state index contributed by atoms with van der Waals surface area (Å²) in [6.45, 7) is 5.91. The summed E-state index contributed by atoms with van der Waals surface area (Å²) in [5, 5.41) is 8.38. The summed E-state index contributed by atoms with van der Waals surface area (Å²) in [5.41, 5.74) is 5.95. The van der Waals surface area contributed by atoms with Crippen LogP contribution in [-0.2, 0) is 4.74 Å². The van der Waals surface area contributed by atoms with Gasteiger partial charge in [-0.25, -0.2) is 14.9 Å². The molecule has 0 atom stereocenters. The first kappa shape index (κ1) is 14.8. The molecule has 6 heteroatoms. The highest BCUT2D eigenvalue weighted by atomic mass is 16.5. The molecule has 1 N–H and O–H groups in total. The molecule has 0 saturated heterocycles. The van der Waals surface area contributed by atoms with E-state index in [1.807, 2.05) is 48.9 Å². The van der Waals surface area contributed by atoms with Crippen LogP contribution in [0, 0.1) is 13.8 Å². The Kier molecular flexibility index (Phi) is 4.71. The van der Waals surface area contributed by atoms with Crippen molar-refractivity contribution >= 4 is 12.3 Å². The molecule has 1 aromatic carbocycles. The zero-order valence-corrected chi connectivity index (χ0v) is 12.3. The lowest BCUT2D eigenvalue weighted by Gasteiger charge is -2.03. The van der Waals surface area contributed by atoms with Crippen LogP contribution >= 0.6 is 0 Å². The van der Waals surface area contributed by atoms with E-state index in [0.29, 0.717) is 6.61 Å². The van der Waals surface area contributed by atoms with Crippen LogP contribution in [0.1, 0.15) is 23.9 Å². The molecule has 6 nitrogen and oxygen atoms in total. The third-order valence-corrected chi connectivity index (χ3v) is 2.97. The van der Waals surface area contributed by atoms with Gasteiger partial charge in [0.2, 0.25) is 0 Å². The van der Waals surface area contributed by atoms with Crippen LogP contribution in [0.15, 0.2) is 35.4 Å². The van der Waals surface area contributed by atoms with Crippen LogP contribution in [0.5, 0.6) is 0 Å². The van der Waals surface area contributed by atoms with Crippen molar-refractivity contribution in [2.75, 3.05) is 6.61 Å². The topological polar surface area (TPSA) is 68.5 Å². The van der Waals surface area contributed by atoms with E-state index in [4.69, 9.17) is 4.74 Å². The van der Waals surface area contributed by atoms with Crippen molar-refractivity contribution in [2.24, 2.45) is 5.10 Å². The Morgan fingerprint density at radius 1 is 1.38 bits per heavy atom. The normalized spacial score (nSPS) is 10.8. The Hall–Kier alpha value is -2.63. The molecule has 0 aliphatic heterocycles. The van der Waals surface area contributed by atoms with Gasteiger partial charge in [-0.3, -0.25) is 0 Å². The first-order valence-electron chi connectivity index (χ1n) is 6.71. The van der Waals surface area contributed by atoms with Gasteiger partial charge in [-0.05, 0) is 32.9 Å². The highest BCUT2D eigenvalue weighted by Gasteiger charge is 2.11. The molecule has 2 aromatic rings. The number of benzene rings is 1. The van der Waals surface area contributed by atoms with Gasteiger partial charge in [0.05, 0.1) is 29.9 Å². The number of nitrogens with zero attached hydrogens (tertiary/aromatic N) is 3. The van der Waals surface area contributed by atoms with Crippen LogP contribution in [0.3, 0.4) is 0 Å². The number of hydrazone groups is 1. The minimum absolute atomic E-state index is 0.311. The molecule has 0 unspecified atom stereocenters. The summed E-state index contributed by atoms with van der Waals surface area (Å²) in [5.74, 6) is 0. The van der Waals surface area contributed by atoms with E-state index >= 15 is 0 Å². The third-order valence-electron chi connectivity index (χ3n) is 2.97. The SMILES string of the molecule is CCOC(=O)N/N=C\c1c(C)nn(-c2ccccc2)c1C. The van der Waals surface area contributed by atoms with Crippen molar-refractivity contribution in [3.63, 3.8) is 0 Å². The molecule has 1 heterocycles. The molecule has 0 aliphatic rings. The predicted octanol–water partition coefficient (Wildman–Crippen LogP) is 2.57. The number of hydrogen-bond donors (Lipinski definition) is 1. The molecule has 110 valence electrons. The maximum atomic E-state index is 11.2. The van der Waals surface area contributed by atoms with Gasteiger partial charge in [-0.2, -0.15) is 10.2 Å². The van der Waals surface area contributed by atoms with Crippen molar-refractivity contribution in [3.8, 4) is 5.69 Å². The van der Waals surface area contributed by atoms with E-state index in [1.165, 1.54) is 0 Å². The highest BCUT2D eigenvalue weighted by molar-refractivity contribution is 5.83. The zero-order chi connectivity index (χ0) is 15.2. The second kappa shape index (κ2) is 6.69. The van der Waals surface area contributed by atoms with Crippen LogP contribution in [0.2, 0.25) is 0 Å². The second-order valence-corrected chi connectivity index (χ2v) is 4.42. The average Bonchev–Trinajstić information content (AvgIpc) is 2.76. The van der Waals surface area contributed by atoms with E-state index in [2.05, 4.69) is 15.6 Å². The monoisotopic (exact) mass is 286 g/mol. The van der Waals surface area contributed by atoms with Crippen molar-refractivity contribution in [1.82, 2.24) is 15.2 Å². The van der Waals surface area contributed by atoms with Gasteiger partial charge < -0.3 is 4.74 Å². The Balaban J connectivity index is 2.20. The Labute approximate surface area is 123 Å². The molecule has 0 saturated carbocycles. The van der Waals surface area contributed by atoms with Crippen LogP contribution in [0.25, 0.3) is 5.69 Å². The average molecular weight is 286 g/mol. The first-order chi connectivity index (χ1) is 10.1. The summed E-state index contributed by atoms with van der Waals surface area (Å²) in [4.78, 5) is 11.2. The molecular formula is C15H18N4O2. The number of aromatic nitrogens is 2. The second-order valence-electron chi connectivity index (χ2n) is 4.42. The number of nitrogens with one attached hydrogen (secondary N) is 1. The Bertz CT molecular complexity index is 647. The fourth-order valence-corrected chi connectivity index (χ4v) is 1.98. The molecule has 2 rings (SSSR count). The number of amides is 1. The summed E-state index contributed by atoms with van der Waals surface area (Å²) >= 11 is 0. The molecular weight excluding hydrogens is 268 g/mol. The summed E-state index contributed by atoms with van der Waals surface area (Å²) < 4.78 is 6.58. The summed E-state index contributed by atoms with van der Waals surface area (Å²) in [7, 11) is 0. The fraction of sp³-hybridized carbons (Fsp3) is 0.267. The number of carbonyl (C=O) groups is 1. The van der Waals surface area contributed by atoms with Crippen molar-refractivity contribution in [3.05, 3.63) is 47.3 Å². The predicted molar refractivity (Wildman–Crippen MR) is 80.8 cm³/mol. The lowest BCUT2D eigenvalue weighted by molar-refractivity contribution is 0.152. The number of para-hydroxylation sites is 1. The molecule has 1 amide bonds. The van der Waals surface area contributed by atoms with Crippen molar-refractivity contribution < 1.29 is 9.53 Å². The van der Waals surface area contributed by atoms with Gasteiger partial charge in [0.15, 0.2) is 0 Å². The summed E-state index contributed by atoms with van der Waals surface area (Å²) in [6.07, 6.45) is 1.01. The van der Waals surface area contributed by atoms with Gasteiger partial charge >= 0.3 is 6.09 Å². The quantitative estimate of drug-likeness (QED) is 0.693. The fourth-order valence-electron chi connectivity index (χ4n) is 1.98. The van der Waals surface area contributed by atoms with Gasteiger partial charge in [-0.15, -0.1) is 0 Å². The third kappa shape index (κ3) is 3.47. The van der Waals surface area contributed by atoms with E-state index in [9.17, 15) is 4.79 Å². The molecule has 0 spiro atoms. The molecule has 0 aliphatic carbocycles. The maximum Gasteiger partial charge on any atom is 0.427 e. The molecule has 1 aromatic heterocycles. The van der Waals surface area contributed by atoms with E-state index in [1.54, 1.807) is 13.1 Å². The van der Waals surface area contributed by atoms with E-state index in [-0.39, 0.29) is 0 Å². The smallest absolute Gasteiger partial charge is 0.427 e. The molecule has 0 fully saturated rings. The van der Waals surface area contributed by atoms with Crippen LogP contribution in [-0.4, -0.2) is 28.7 Å². The molecule has 21 heavy (non-hydrogen) atoms. The van der Waals surface area contributed by atoms with Gasteiger partial charge in [0, 0.05) is 5.56 Å². The molecule has 0 radical (unpaired) electrons. The van der Waals surface area contributed by atoms with Gasteiger partial charge in [-0.1, -0.05) is 18.2 Å². The lowest BCUT2D eigenvalue weighted by atomic mass is 10.2. The lowest BCUT2D eigenvalue weighted by Crippen LogP contribution is -2.18. The van der Waals surface area contributed by atoms with E-state index in [0.717, 1.165) is 22.6 Å². The highest BCUT2D eigenvalue weighted by Crippen LogP contribution is 2.15. The minimum Gasteiger partial charge on any atom is -0.449 e. The number of ether oxygens (including phenoxy) is 1. The number of rotatable bonds is 4.